The summed E-state index contributed by atoms with van der Waals surface area (Å²) in [6.45, 7) is 7.44. The largest absolute Gasteiger partial charge is 0.392 e. The highest BCUT2D eigenvalue weighted by atomic mass is 19.4. The number of halogens is 3. The van der Waals surface area contributed by atoms with Crippen LogP contribution in [0, 0.1) is 25.7 Å². The van der Waals surface area contributed by atoms with Crippen LogP contribution >= 0.6 is 0 Å². The van der Waals surface area contributed by atoms with Crippen LogP contribution < -0.4 is 10.6 Å². The third-order valence-corrected chi connectivity index (χ3v) is 9.68. The van der Waals surface area contributed by atoms with Crippen LogP contribution in [0.3, 0.4) is 0 Å². The van der Waals surface area contributed by atoms with Crippen molar-refractivity contribution in [1.82, 2.24) is 24.6 Å². The molecule has 2 bridgehead atoms. The first-order chi connectivity index (χ1) is 19.5. The van der Waals surface area contributed by atoms with Crippen molar-refractivity contribution in [3.63, 3.8) is 0 Å². The molecule has 1 aliphatic heterocycles. The Kier molecular flexibility index (Phi) is 7.07. The van der Waals surface area contributed by atoms with Gasteiger partial charge in [-0.25, -0.2) is 24.6 Å². The zero-order chi connectivity index (χ0) is 29.1. The van der Waals surface area contributed by atoms with Crippen molar-refractivity contribution < 1.29 is 17.9 Å². The number of aryl methyl sites for hydroxylation is 2. The van der Waals surface area contributed by atoms with Crippen LogP contribution in [0.2, 0.25) is 0 Å². The highest BCUT2D eigenvalue weighted by molar-refractivity contribution is 5.75. The van der Waals surface area contributed by atoms with E-state index in [2.05, 4.69) is 11.9 Å². The maximum Gasteiger partial charge on any atom is 0.392 e. The number of hydrogen-bond donors (Lipinski definition) is 0. The molecule has 220 valence electrons. The zero-order valence-corrected chi connectivity index (χ0v) is 24.0. The molecule has 0 radical (unpaired) electrons. The SMILES string of the molecule is CCC(CC(OC)c1ccc(=O)n(N2CCCC2)c1)c1nc(C23CC(C2)[C@H](C(F)(F)F)C3)c2nc(C)c(C)nc2n1. The topological polar surface area (TPSA) is 86.0 Å². The highest BCUT2D eigenvalue weighted by Crippen LogP contribution is 2.66. The first-order valence-electron chi connectivity index (χ1n) is 14.6. The number of rotatable bonds is 8. The Labute approximate surface area is 237 Å². The lowest BCUT2D eigenvalue weighted by molar-refractivity contribution is -0.180. The lowest BCUT2D eigenvalue weighted by Gasteiger charge is -2.38. The van der Waals surface area contributed by atoms with Crippen LogP contribution in [0.1, 0.15) is 92.4 Å². The molecule has 4 fully saturated rings. The maximum absolute atomic E-state index is 13.8. The summed E-state index contributed by atoms with van der Waals surface area (Å²) in [5, 5.41) is 2.05. The second-order valence-electron chi connectivity index (χ2n) is 12.2. The van der Waals surface area contributed by atoms with Crippen molar-refractivity contribution in [2.45, 2.75) is 89.3 Å². The summed E-state index contributed by atoms with van der Waals surface area (Å²) in [4.78, 5) is 31.9. The molecule has 1 saturated heterocycles. The molecule has 3 aliphatic carbocycles. The molecule has 0 aromatic carbocycles. The fraction of sp³-hybridized carbons (Fsp3) is 0.633. The van der Waals surface area contributed by atoms with Gasteiger partial charge < -0.3 is 9.75 Å². The van der Waals surface area contributed by atoms with Crippen molar-refractivity contribution in [2.24, 2.45) is 11.8 Å². The molecule has 4 aliphatic rings. The number of hydrogen-bond acceptors (Lipinski definition) is 7. The average molecular weight is 571 g/mol. The molecule has 0 spiro atoms. The minimum absolute atomic E-state index is 0.0385. The van der Waals surface area contributed by atoms with E-state index < -0.39 is 17.5 Å². The van der Waals surface area contributed by atoms with Gasteiger partial charge in [0, 0.05) is 43.8 Å². The standard InChI is InChI=1S/C30H37F3N6O2/c1-5-19(12-23(41-4)20-8-9-24(40)39(16-20)38-10-6-7-11-38)27-36-26(25-28(37-27)35-18(3)17(2)34-25)29-13-21(14-29)22(15-29)30(31,32)33/h8-9,16,19,21-23H,5-7,10-15H2,1-4H3/t19?,21?,22-,23?,29?/m1/s1. The van der Waals surface area contributed by atoms with Crippen LogP contribution in [-0.2, 0) is 10.2 Å². The van der Waals surface area contributed by atoms with Crippen molar-refractivity contribution >= 4 is 11.2 Å². The summed E-state index contributed by atoms with van der Waals surface area (Å²) in [5.74, 6) is -1.24. The van der Waals surface area contributed by atoms with Crippen LogP contribution in [0.15, 0.2) is 23.1 Å². The number of nitrogens with zero attached hydrogens (tertiary/aromatic N) is 6. The van der Waals surface area contributed by atoms with Crippen molar-refractivity contribution in [2.75, 3.05) is 25.2 Å². The van der Waals surface area contributed by atoms with Crippen molar-refractivity contribution in [3.8, 4) is 0 Å². The van der Waals surface area contributed by atoms with Crippen LogP contribution in [0.5, 0.6) is 0 Å². The van der Waals surface area contributed by atoms with Gasteiger partial charge in [-0.3, -0.25) is 4.79 Å². The Balaban J connectivity index is 1.37. The molecule has 3 aromatic heterocycles. The van der Waals surface area contributed by atoms with Crippen molar-refractivity contribution in [3.05, 3.63) is 57.2 Å². The Bertz CT molecular complexity index is 1510. The molecule has 0 amide bonds. The lowest BCUT2D eigenvalue weighted by Crippen LogP contribution is -2.39. The Hall–Kier alpha value is -3.08. The lowest BCUT2D eigenvalue weighted by atomic mass is 9.67. The predicted octanol–water partition coefficient (Wildman–Crippen LogP) is 5.43. The third kappa shape index (κ3) is 4.89. The minimum atomic E-state index is -4.21. The molecule has 7 rings (SSSR count). The van der Waals surface area contributed by atoms with Crippen LogP contribution in [0.4, 0.5) is 13.2 Å². The molecule has 41 heavy (non-hydrogen) atoms. The first-order valence-corrected chi connectivity index (χ1v) is 14.6. The van der Waals surface area contributed by atoms with Crippen molar-refractivity contribution in [1.29, 1.82) is 0 Å². The number of methoxy groups -OCH3 is 1. The molecule has 2 unspecified atom stereocenters. The van der Waals surface area contributed by atoms with Gasteiger partial charge in [0.25, 0.3) is 5.56 Å². The average Bonchev–Trinajstić information content (AvgIpc) is 3.66. The Morgan fingerprint density at radius 3 is 2.39 bits per heavy atom. The number of ether oxygens (including phenoxy) is 1. The highest BCUT2D eigenvalue weighted by Gasteiger charge is 2.65. The normalized spacial score (nSPS) is 25.5. The van der Waals surface area contributed by atoms with E-state index in [-0.39, 0.29) is 29.9 Å². The van der Waals surface area contributed by atoms with Gasteiger partial charge in [-0.15, -0.1) is 0 Å². The fourth-order valence-electron chi connectivity index (χ4n) is 7.24. The van der Waals surface area contributed by atoms with Gasteiger partial charge in [0.15, 0.2) is 5.65 Å². The molecule has 3 saturated carbocycles. The van der Waals surface area contributed by atoms with E-state index >= 15 is 0 Å². The number of pyridine rings is 1. The van der Waals surface area contributed by atoms with E-state index in [0.29, 0.717) is 48.4 Å². The zero-order valence-electron chi connectivity index (χ0n) is 24.0. The van der Waals surface area contributed by atoms with E-state index in [1.807, 2.05) is 26.1 Å². The smallest absolute Gasteiger partial charge is 0.377 e. The van der Waals surface area contributed by atoms with Gasteiger partial charge in [-0.05, 0) is 76.3 Å². The monoisotopic (exact) mass is 570 g/mol. The number of fused-ring (bicyclic) bond motifs is 2. The Morgan fingerprint density at radius 2 is 1.76 bits per heavy atom. The van der Waals surface area contributed by atoms with E-state index in [0.717, 1.165) is 42.9 Å². The second-order valence-corrected chi connectivity index (χ2v) is 12.2. The number of aromatic nitrogens is 5. The van der Waals surface area contributed by atoms with E-state index in [4.69, 9.17) is 24.7 Å². The summed E-state index contributed by atoms with van der Waals surface area (Å²) >= 11 is 0. The van der Waals surface area contributed by atoms with Gasteiger partial charge in [0.05, 0.1) is 29.1 Å². The third-order valence-electron chi connectivity index (χ3n) is 9.68. The maximum atomic E-state index is 13.8. The van der Waals surface area contributed by atoms with Gasteiger partial charge >= 0.3 is 6.18 Å². The summed E-state index contributed by atoms with van der Waals surface area (Å²) in [5.41, 5.74) is 3.21. The first kappa shape index (κ1) is 28.1. The van der Waals surface area contributed by atoms with Gasteiger partial charge in [-0.1, -0.05) is 6.92 Å². The molecule has 11 heteroatoms. The minimum Gasteiger partial charge on any atom is -0.377 e. The summed E-state index contributed by atoms with van der Waals surface area (Å²) in [7, 11) is 1.65. The van der Waals surface area contributed by atoms with E-state index in [9.17, 15) is 18.0 Å². The fourth-order valence-corrected chi connectivity index (χ4v) is 7.24. The van der Waals surface area contributed by atoms with Crippen LogP contribution in [0.25, 0.3) is 11.2 Å². The molecular weight excluding hydrogens is 533 g/mol. The Morgan fingerprint density at radius 1 is 1.05 bits per heavy atom. The summed E-state index contributed by atoms with van der Waals surface area (Å²) in [6, 6.07) is 3.39. The quantitative estimate of drug-likeness (QED) is 0.357. The molecule has 3 aromatic rings. The predicted molar refractivity (Wildman–Crippen MR) is 148 cm³/mol. The summed E-state index contributed by atoms with van der Waals surface area (Å²) < 4.78 is 49.1. The van der Waals surface area contributed by atoms with E-state index in [1.54, 1.807) is 17.9 Å². The molecular formula is C30H37F3N6O2. The van der Waals surface area contributed by atoms with Crippen LogP contribution in [-0.4, -0.2) is 51.0 Å². The molecule has 3 atom stereocenters. The van der Waals surface area contributed by atoms with Gasteiger partial charge in [0.1, 0.15) is 11.3 Å². The van der Waals surface area contributed by atoms with Gasteiger partial charge in [0.2, 0.25) is 0 Å². The molecule has 0 N–H and O–H groups in total. The summed E-state index contributed by atoms with van der Waals surface area (Å²) in [6.07, 6.45) is 1.66. The van der Waals surface area contributed by atoms with E-state index in [1.165, 1.54) is 0 Å². The number of alkyl halides is 3. The van der Waals surface area contributed by atoms with Gasteiger partial charge in [-0.2, -0.15) is 13.2 Å². The molecule has 8 nitrogen and oxygen atoms in total. The second kappa shape index (κ2) is 10.3. The molecule has 4 heterocycles.